The topological polar surface area (TPSA) is 87.0 Å². The third-order valence-electron chi connectivity index (χ3n) is 3.88. The number of rotatable bonds is 2. The molecular weight excluding hydrogens is 386 g/mol. The highest BCUT2D eigenvalue weighted by Gasteiger charge is 2.29. The minimum Gasteiger partial charge on any atom is -0.494 e. The number of hydrogen-bond acceptors (Lipinski definition) is 5. The fraction of sp³-hybridized carbons (Fsp3) is 0.0556. The van der Waals surface area contributed by atoms with Gasteiger partial charge >= 0.3 is 5.97 Å². The van der Waals surface area contributed by atoms with Crippen LogP contribution in [-0.2, 0) is 9.63 Å². The van der Waals surface area contributed by atoms with Gasteiger partial charge in [-0.15, -0.1) is 0 Å². The van der Waals surface area contributed by atoms with Crippen LogP contribution in [0.15, 0.2) is 57.1 Å². The zero-order valence-corrected chi connectivity index (χ0v) is 14.7. The van der Waals surface area contributed by atoms with E-state index in [1.165, 1.54) is 6.92 Å². The van der Waals surface area contributed by atoms with Gasteiger partial charge in [0.05, 0.1) is 16.8 Å². The van der Waals surface area contributed by atoms with Crippen LogP contribution in [-0.4, -0.2) is 27.5 Å². The maximum absolute atomic E-state index is 11.2. The Morgan fingerprint density at radius 1 is 1.24 bits per heavy atom. The van der Waals surface area contributed by atoms with E-state index in [-0.39, 0.29) is 5.88 Å². The first kappa shape index (κ1) is 15.6. The number of H-pyrrole nitrogens is 1. The number of benzene rings is 2. The van der Waals surface area contributed by atoms with Crippen LogP contribution in [0, 0.1) is 0 Å². The summed E-state index contributed by atoms with van der Waals surface area (Å²) in [6.45, 7) is 1.28. The molecule has 25 heavy (non-hydrogen) atoms. The molecule has 1 aliphatic rings. The summed E-state index contributed by atoms with van der Waals surface area (Å²) in [7, 11) is 0. The van der Waals surface area contributed by atoms with E-state index < -0.39 is 5.97 Å². The zero-order chi connectivity index (χ0) is 17.6. The molecule has 2 heterocycles. The number of nitrogens with zero attached hydrogens (tertiary/aromatic N) is 2. The molecule has 2 N–H and O–H groups in total. The molecule has 7 heteroatoms. The molecule has 4 rings (SSSR count). The number of hydrogen-bond donors (Lipinski definition) is 2. The molecule has 0 fully saturated rings. The van der Waals surface area contributed by atoms with Gasteiger partial charge in [-0.05, 0) is 28.1 Å². The largest absolute Gasteiger partial charge is 0.494 e. The lowest BCUT2D eigenvalue weighted by molar-refractivity contribution is -0.140. The normalized spacial score (nSPS) is 14.6. The number of nitrogens with one attached hydrogen (secondary N) is 1. The Bertz CT molecular complexity index is 1080. The van der Waals surface area contributed by atoms with Crippen molar-refractivity contribution in [1.29, 1.82) is 0 Å². The minimum absolute atomic E-state index is 0.0241. The van der Waals surface area contributed by atoms with E-state index >= 15 is 0 Å². The summed E-state index contributed by atoms with van der Waals surface area (Å²) in [6.07, 6.45) is 0. The molecule has 2 aromatic carbocycles. The first-order valence-electron chi connectivity index (χ1n) is 7.50. The molecule has 0 unspecified atom stereocenters. The first-order valence-corrected chi connectivity index (χ1v) is 8.29. The molecule has 0 atom stereocenters. The number of aliphatic imine (C=N–C) groups is 1. The van der Waals surface area contributed by atoms with Crippen molar-refractivity contribution in [2.24, 2.45) is 10.1 Å². The van der Waals surface area contributed by atoms with E-state index in [9.17, 15) is 9.90 Å². The molecule has 6 nitrogen and oxygen atoms in total. The van der Waals surface area contributed by atoms with Crippen LogP contribution >= 0.6 is 15.9 Å². The van der Waals surface area contributed by atoms with E-state index in [1.807, 2.05) is 42.5 Å². The van der Waals surface area contributed by atoms with E-state index in [0.717, 1.165) is 20.9 Å². The molecule has 1 aromatic heterocycles. The molecule has 0 saturated heterocycles. The summed E-state index contributed by atoms with van der Waals surface area (Å²) in [4.78, 5) is 23.6. The molecule has 0 saturated carbocycles. The second-order valence-corrected chi connectivity index (χ2v) is 6.37. The standard InChI is InChI=1S/C18H12BrN3O3/c1-9(23)25-22-16-10-5-2-3-8-13(10)20-17(16)14-11-6-4-7-12(19)15(11)21-18(14)24/h2-8,21,24H,1H3/b22-16+. The van der Waals surface area contributed by atoms with Gasteiger partial charge in [0.25, 0.3) is 0 Å². The summed E-state index contributed by atoms with van der Waals surface area (Å²) in [5, 5.41) is 15.2. The quantitative estimate of drug-likeness (QED) is 0.505. The molecular formula is C18H12BrN3O3. The van der Waals surface area contributed by atoms with Crippen molar-refractivity contribution in [3.8, 4) is 5.88 Å². The van der Waals surface area contributed by atoms with Gasteiger partial charge in [-0.1, -0.05) is 35.5 Å². The lowest BCUT2D eigenvalue weighted by atomic mass is 10.0. The smallest absolute Gasteiger partial charge is 0.332 e. The average molecular weight is 398 g/mol. The predicted molar refractivity (Wildman–Crippen MR) is 98.6 cm³/mol. The van der Waals surface area contributed by atoms with E-state index in [4.69, 9.17) is 4.84 Å². The second kappa shape index (κ2) is 5.86. The summed E-state index contributed by atoms with van der Waals surface area (Å²) >= 11 is 3.46. The Morgan fingerprint density at radius 3 is 2.84 bits per heavy atom. The fourth-order valence-electron chi connectivity index (χ4n) is 2.86. The van der Waals surface area contributed by atoms with Gasteiger partial charge < -0.3 is 14.9 Å². The lowest BCUT2D eigenvalue weighted by Crippen LogP contribution is -2.14. The van der Waals surface area contributed by atoms with Gasteiger partial charge in [-0.3, -0.25) is 0 Å². The van der Waals surface area contributed by atoms with Crippen LogP contribution in [0.5, 0.6) is 5.88 Å². The summed E-state index contributed by atoms with van der Waals surface area (Å²) in [5.41, 5.74) is 3.56. The Balaban J connectivity index is 1.96. The highest BCUT2D eigenvalue weighted by molar-refractivity contribution is 9.10. The number of halogens is 1. The third-order valence-corrected chi connectivity index (χ3v) is 4.54. The van der Waals surface area contributed by atoms with E-state index in [1.54, 1.807) is 0 Å². The van der Waals surface area contributed by atoms with Crippen LogP contribution in [0.1, 0.15) is 18.1 Å². The molecule has 0 bridgehead atoms. The van der Waals surface area contributed by atoms with Crippen LogP contribution in [0.3, 0.4) is 0 Å². The summed E-state index contributed by atoms with van der Waals surface area (Å²) in [5.74, 6) is -0.550. The van der Waals surface area contributed by atoms with Gasteiger partial charge in [0.2, 0.25) is 0 Å². The Kier molecular flexibility index (Phi) is 3.65. The number of oxime groups is 1. The van der Waals surface area contributed by atoms with Crippen molar-refractivity contribution in [3.05, 3.63) is 58.1 Å². The number of aromatic amines is 1. The van der Waals surface area contributed by atoms with Gasteiger partial charge in [0.1, 0.15) is 11.4 Å². The fourth-order valence-corrected chi connectivity index (χ4v) is 3.32. The second-order valence-electron chi connectivity index (χ2n) is 5.51. The lowest BCUT2D eigenvalue weighted by Gasteiger charge is -2.03. The molecule has 3 aromatic rings. The maximum Gasteiger partial charge on any atom is 0.332 e. The molecule has 0 radical (unpaired) electrons. The van der Waals surface area contributed by atoms with Gasteiger partial charge in [0.15, 0.2) is 5.88 Å². The van der Waals surface area contributed by atoms with Crippen molar-refractivity contribution >= 4 is 49.9 Å². The SMILES string of the molecule is CC(=O)O/N=C1/C(c2c(O)[nH]c3c(Br)cccc23)=Nc2ccccc21. The third kappa shape index (κ3) is 2.53. The van der Waals surface area contributed by atoms with Crippen LogP contribution in [0.4, 0.5) is 5.69 Å². The highest BCUT2D eigenvalue weighted by Crippen LogP contribution is 2.37. The molecule has 0 amide bonds. The maximum atomic E-state index is 11.2. The first-order chi connectivity index (χ1) is 12.1. The van der Waals surface area contributed by atoms with Crippen molar-refractivity contribution in [3.63, 3.8) is 0 Å². The van der Waals surface area contributed by atoms with Gasteiger partial charge in [0, 0.05) is 22.3 Å². The van der Waals surface area contributed by atoms with Crippen molar-refractivity contribution in [2.75, 3.05) is 0 Å². The van der Waals surface area contributed by atoms with E-state index in [0.29, 0.717) is 22.7 Å². The molecule has 124 valence electrons. The summed E-state index contributed by atoms with van der Waals surface area (Å²) < 4.78 is 0.820. The number of aromatic hydroxyl groups is 1. The number of carbonyl (C=O) groups excluding carboxylic acids is 1. The van der Waals surface area contributed by atoms with Crippen molar-refractivity contribution < 1.29 is 14.7 Å². The van der Waals surface area contributed by atoms with Gasteiger partial charge in [-0.2, -0.15) is 0 Å². The Morgan fingerprint density at radius 2 is 2.04 bits per heavy atom. The number of aromatic nitrogens is 1. The van der Waals surface area contributed by atoms with Gasteiger partial charge in [-0.25, -0.2) is 9.79 Å². The Labute approximate surface area is 151 Å². The number of carbonyl (C=O) groups is 1. The van der Waals surface area contributed by atoms with Crippen molar-refractivity contribution in [1.82, 2.24) is 4.98 Å². The van der Waals surface area contributed by atoms with Crippen LogP contribution in [0.2, 0.25) is 0 Å². The molecule has 0 aliphatic carbocycles. The predicted octanol–water partition coefficient (Wildman–Crippen LogP) is 4.04. The van der Waals surface area contributed by atoms with Crippen LogP contribution in [0.25, 0.3) is 10.9 Å². The zero-order valence-electron chi connectivity index (χ0n) is 13.1. The Hall–Kier alpha value is -2.93. The molecule has 1 aliphatic heterocycles. The van der Waals surface area contributed by atoms with E-state index in [2.05, 4.69) is 31.1 Å². The van der Waals surface area contributed by atoms with Crippen LogP contribution < -0.4 is 0 Å². The summed E-state index contributed by atoms with van der Waals surface area (Å²) in [6, 6.07) is 13.0. The average Bonchev–Trinajstić information content (AvgIpc) is 3.10. The van der Waals surface area contributed by atoms with Crippen molar-refractivity contribution in [2.45, 2.75) is 6.92 Å². The number of para-hydroxylation sites is 2. The number of fused-ring (bicyclic) bond motifs is 2. The monoisotopic (exact) mass is 397 g/mol. The molecule has 0 spiro atoms. The highest BCUT2D eigenvalue weighted by atomic mass is 79.9. The minimum atomic E-state index is -0.526.